The van der Waals surface area contributed by atoms with Crippen LogP contribution in [-0.2, 0) is 11.2 Å². The Morgan fingerprint density at radius 3 is 2.65 bits per heavy atom. The van der Waals surface area contributed by atoms with Crippen molar-refractivity contribution >= 4 is 21.9 Å². The number of hydrogen-bond acceptors (Lipinski definition) is 2. The van der Waals surface area contributed by atoms with Crippen LogP contribution in [0.4, 0.5) is 0 Å². The summed E-state index contributed by atoms with van der Waals surface area (Å²) in [5.74, 6) is -0.0261. The van der Waals surface area contributed by atoms with Crippen LogP contribution in [0.2, 0.25) is 0 Å². The number of carboxylic acids is 1. The monoisotopic (exact) mass is 300 g/mol. The van der Waals surface area contributed by atoms with E-state index in [2.05, 4.69) is 15.9 Å². The van der Waals surface area contributed by atoms with E-state index in [-0.39, 0.29) is 0 Å². The first-order valence-electron chi connectivity index (χ1n) is 5.48. The van der Waals surface area contributed by atoms with Gasteiger partial charge in [0.25, 0.3) is 0 Å². The van der Waals surface area contributed by atoms with Gasteiger partial charge in [-0.15, -0.1) is 0 Å². The summed E-state index contributed by atoms with van der Waals surface area (Å²) in [6.45, 7) is 3.66. The molecule has 0 amide bonds. The van der Waals surface area contributed by atoms with Crippen molar-refractivity contribution in [2.45, 2.75) is 26.7 Å². The summed E-state index contributed by atoms with van der Waals surface area (Å²) in [4.78, 5) is 11.3. The minimum absolute atomic E-state index is 0.483. The van der Waals surface area contributed by atoms with E-state index in [9.17, 15) is 9.90 Å². The van der Waals surface area contributed by atoms with Gasteiger partial charge in [0.15, 0.2) is 0 Å². The van der Waals surface area contributed by atoms with Gasteiger partial charge in [0, 0.05) is 4.47 Å². The molecule has 94 valence electrons. The van der Waals surface area contributed by atoms with E-state index in [4.69, 9.17) is 4.74 Å². The Hall–Kier alpha value is -1.03. The van der Waals surface area contributed by atoms with E-state index >= 15 is 0 Å². The molecule has 0 aromatic heterocycles. The van der Waals surface area contributed by atoms with Gasteiger partial charge in [0.2, 0.25) is 0 Å². The van der Waals surface area contributed by atoms with Crippen LogP contribution in [0.5, 0.6) is 5.75 Å². The molecule has 0 heterocycles. The van der Waals surface area contributed by atoms with Gasteiger partial charge in [-0.3, -0.25) is 4.79 Å². The molecule has 0 saturated heterocycles. The largest absolute Gasteiger partial charge is 0.497 e. The van der Waals surface area contributed by atoms with Gasteiger partial charge in [-0.1, -0.05) is 22.9 Å². The van der Waals surface area contributed by atoms with E-state index < -0.39 is 11.4 Å². The molecular formula is C13H17BrO3. The molecule has 1 unspecified atom stereocenters. The fourth-order valence-electron chi connectivity index (χ4n) is 1.59. The summed E-state index contributed by atoms with van der Waals surface area (Å²) in [5.41, 5.74) is 0.214. The zero-order valence-corrected chi connectivity index (χ0v) is 11.9. The predicted molar refractivity (Wildman–Crippen MR) is 70.4 cm³/mol. The standard InChI is InChI=1S/C13H17BrO3/c1-4-13(2,12(15)16)8-9-7-10(17-3)5-6-11(9)14/h5-7H,4,8H2,1-3H3,(H,15,16). The second-order valence-electron chi connectivity index (χ2n) is 4.35. The Morgan fingerprint density at radius 2 is 2.18 bits per heavy atom. The lowest BCUT2D eigenvalue weighted by Crippen LogP contribution is -2.29. The molecule has 0 aliphatic carbocycles. The summed E-state index contributed by atoms with van der Waals surface area (Å²) in [5, 5.41) is 9.26. The van der Waals surface area contributed by atoms with Crippen LogP contribution < -0.4 is 4.74 Å². The SMILES string of the molecule is CCC(C)(Cc1cc(OC)ccc1Br)C(=O)O. The minimum atomic E-state index is -0.769. The zero-order valence-electron chi connectivity index (χ0n) is 10.3. The van der Waals surface area contributed by atoms with Crippen LogP contribution in [0.25, 0.3) is 0 Å². The smallest absolute Gasteiger partial charge is 0.309 e. The molecule has 0 aliphatic rings. The van der Waals surface area contributed by atoms with E-state index in [1.165, 1.54) is 0 Å². The normalized spacial score (nSPS) is 14.1. The first-order chi connectivity index (χ1) is 7.92. The third-order valence-electron chi connectivity index (χ3n) is 3.13. The average Bonchev–Trinajstić information content (AvgIpc) is 2.31. The molecule has 1 atom stereocenters. The first-order valence-corrected chi connectivity index (χ1v) is 6.28. The summed E-state index contributed by atoms with van der Waals surface area (Å²) in [6.07, 6.45) is 1.07. The van der Waals surface area contributed by atoms with Gasteiger partial charge in [-0.2, -0.15) is 0 Å². The Morgan fingerprint density at radius 1 is 1.53 bits per heavy atom. The number of halogens is 1. The maximum atomic E-state index is 11.3. The molecule has 1 aromatic carbocycles. The van der Waals surface area contributed by atoms with Gasteiger partial charge in [-0.05, 0) is 43.5 Å². The summed E-state index contributed by atoms with van der Waals surface area (Å²) >= 11 is 3.44. The van der Waals surface area contributed by atoms with E-state index in [0.717, 1.165) is 15.8 Å². The highest BCUT2D eigenvalue weighted by Crippen LogP contribution is 2.32. The van der Waals surface area contributed by atoms with Crippen LogP contribution >= 0.6 is 15.9 Å². The molecule has 0 saturated carbocycles. The molecule has 17 heavy (non-hydrogen) atoms. The van der Waals surface area contributed by atoms with Crippen LogP contribution in [0.15, 0.2) is 22.7 Å². The van der Waals surface area contributed by atoms with Crippen LogP contribution in [0.1, 0.15) is 25.8 Å². The van der Waals surface area contributed by atoms with Crippen LogP contribution in [-0.4, -0.2) is 18.2 Å². The van der Waals surface area contributed by atoms with E-state index in [1.54, 1.807) is 14.0 Å². The van der Waals surface area contributed by atoms with Crippen molar-refractivity contribution in [2.75, 3.05) is 7.11 Å². The molecule has 1 N–H and O–H groups in total. The van der Waals surface area contributed by atoms with E-state index in [0.29, 0.717) is 12.8 Å². The molecule has 1 rings (SSSR count). The number of carboxylic acid groups (broad SMARTS) is 1. The summed E-state index contributed by atoms with van der Waals surface area (Å²) < 4.78 is 6.07. The molecule has 0 spiro atoms. The lowest BCUT2D eigenvalue weighted by molar-refractivity contribution is -0.148. The van der Waals surface area contributed by atoms with Crippen LogP contribution in [0, 0.1) is 5.41 Å². The Balaban J connectivity index is 3.05. The Kier molecular flexibility index (Phi) is 4.57. The number of ether oxygens (including phenoxy) is 1. The summed E-state index contributed by atoms with van der Waals surface area (Å²) in [7, 11) is 1.60. The number of aliphatic carboxylic acids is 1. The first kappa shape index (κ1) is 14.0. The lowest BCUT2D eigenvalue weighted by Gasteiger charge is -2.23. The molecule has 0 bridgehead atoms. The summed E-state index contributed by atoms with van der Waals surface area (Å²) in [6, 6.07) is 5.60. The third kappa shape index (κ3) is 3.22. The molecule has 1 aromatic rings. The Labute approximate surface area is 110 Å². The van der Waals surface area contributed by atoms with Crippen molar-refractivity contribution in [3.63, 3.8) is 0 Å². The molecule has 0 aliphatic heterocycles. The second-order valence-corrected chi connectivity index (χ2v) is 5.21. The molecule has 4 heteroatoms. The van der Waals surface area contributed by atoms with Crippen molar-refractivity contribution in [1.29, 1.82) is 0 Å². The lowest BCUT2D eigenvalue weighted by atomic mass is 9.81. The molecule has 0 radical (unpaired) electrons. The number of hydrogen-bond donors (Lipinski definition) is 1. The predicted octanol–water partition coefficient (Wildman–Crippen LogP) is 3.50. The Bertz CT molecular complexity index is 417. The van der Waals surface area contributed by atoms with Crippen molar-refractivity contribution in [2.24, 2.45) is 5.41 Å². The molecular weight excluding hydrogens is 284 g/mol. The van der Waals surface area contributed by atoms with E-state index in [1.807, 2.05) is 25.1 Å². The van der Waals surface area contributed by atoms with Crippen LogP contribution in [0.3, 0.4) is 0 Å². The molecule has 0 fully saturated rings. The second kappa shape index (κ2) is 5.54. The van der Waals surface area contributed by atoms with Gasteiger partial charge in [0.05, 0.1) is 12.5 Å². The zero-order chi connectivity index (χ0) is 13.1. The third-order valence-corrected chi connectivity index (χ3v) is 3.90. The fraction of sp³-hybridized carbons (Fsp3) is 0.462. The van der Waals surface area contributed by atoms with Crippen molar-refractivity contribution < 1.29 is 14.6 Å². The van der Waals surface area contributed by atoms with Crippen molar-refractivity contribution in [3.8, 4) is 5.75 Å². The minimum Gasteiger partial charge on any atom is -0.497 e. The maximum Gasteiger partial charge on any atom is 0.309 e. The number of benzene rings is 1. The van der Waals surface area contributed by atoms with Crippen molar-refractivity contribution in [1.82, 2.24) is 0 Å². The topological polar surface area (TPSA) is 46.5 Å². The average molecular weight is 301 g/mol. The van der Waals surface area contributed by atoms with Gasteiger partial charge >= 0.3 is 5.97 Å². The van der Waals surface area contributed by atoms with Crippen molar-refractivity contribution in [3.05, 3.63) is 28.2 Å². The fourth-order valence-corrected chi connectivity index (χ4v) is 1.97. The van der Waals surface area contributed by atoms with Gasteiger partial charge in [0.1, 0.15) is 5.75 Å². The maximum absolute atomic E-state index is 11.3. The number of rotatable bonds is 5. The van der Waals surface area contributed by atoms with Gasteiger partial charge in [-0.25, -0.2) is 0 Å². The molecule has 3 nitrogen and oxygen atoms in total. The highest BCUT2D eigenvalue weighted by molar-refractivity contribution is 9.10. The van der Waals surface area contributed by atoms with Gasteiger partial charge < -0.3 is 9.84 Å². The number of methoxy groups -OCH3 is 1. The highest BCUT2D eigenvalue weighted by atomic mass is 79.9. The quantitative estimate of drug-likeness (QED) is 0.905. The number of carbonyl (C=O) groups is 1. The highest BCUT2D eigenvalue weighted by Gasteiger charge is 2.31.